The van der Waals surface area contributed by atoms with Gasteiger partial charge in [-0.3, -0.25) is 0 Å². The number of hydrogen-bond acceptors (Lipinski definition) is 2. The molecule has 3 nitrogen and oxygen atoms in total. The van der Waals surface area contributed by atoms with Crippen molar-refractivity contribution in [1.82, 2.24) is 0 Å². The number of hydrogen-bond donors (Lipinski definition) is 2. The van der Waals surface area contributed by atoms with E-state index in [9.17, 15) is 4.79 Å². The molecule has 0 fully saturated rings. The summed E-state index contributed by atoms with van der Waals surface area (Å²) in [4.78, 5) is 9.45. The van der Waals surface area contributed by atoms with Gasteiger partial charge in [0.1, 0.15) is 6.10 Å². The first-order valence-electron chi connectivity index (χ1n) is 1.55. The van der Waals surface area contributed by atoms with Gasteiger partial charge >= 0.3 is 23.6 Å². The number of carboxylic acids is 1. The second-order valence-electron chi connectivity index (χ2n) is 1.01. The average molecular weight is 167 g/mol. The van der Waals surface area contributed by atoms with Crippen molar-refractivity contribution < 1.29 is 15.0 Å². The molecular weight excluding hydrogens is 157 g/mol. The maximum absolute atomic E-state index is 9.45. The van der Waals surface area contributed by atoms with Crippen LogP contribution in [0, 0.1) is 0 Å². The van der Waals surface area contributed by atoms with Gasteiger partial charge in [0, 0.05) is 0 Å². The van der Waals surface area contributed by atoms with Crippen LogP contribution in [0.15, 0.2) is 0 Å². The second kappa shape index (κ2) is 4.14. The fourth-order valence-electron chi connectivity index (χ4n) is 0. The topological polar surface area (TPSA) is 57.5 Å². The molecule has 0 saturated heterocycles. The zero-order valence-electron chi connectivity index (χ0n) is 3.38. The van der Waals surface area contributed by atoms with Crippen molar-refractivity contribution in [2.75, 3.05) is 0 Å². The Bertz CT molecular complexity index is 61.2. The van der Waals surface area contributed by atoms with Gasteiger partial charge in [0.15, 0.2) is 0 Å². The van der Waals surface area contributed by atoms with E-state index in [0.717, 1.165) is 0 Å². The van der Waals surface area contributed by atoms with Crippen LogP contribution < -0.4 is 0 Å². The zero-order valence-corrected chi connectivity index (χ0v) is 3.38. The van der Waals surface area contributed by atoms with Crippen molar-refractivity contribution >= 4 is 23.6 Å². The van der Waals surface area contributed by atoms with Crippen LogP contribution in [0.25, 0.3) is 0 Å². The number of aliphatic hydroxyl groups is 1. The fourth-order valence-corrected chi connectivity index (χ4v) is 0. The van der Waals surface area contributed by atoms with E-state index in [1.807, 2.05) is 0 Å². The van der Waals surface area contributed by atoms with Crippen LogP contribution in [0.4, 0.5) is 0 Å². The molecule has 1 atom stereocenters. The summed E-state index contributed by atoms with van der Waals surface area (Å²) in [5.74, 6) is -1.19. The van der Waals surface area contributed by atoms with Gasteiger partial charge in [0.05, 0.1) is 0 Å². The molecule has 0 amide bonds. The SMILES string of the molecule is C[C@@H](O)C(=O)O.[GeH4]. The van der Waals surface area contributed by atoms with E-state index in [4.69, 9.17) is 10.2 Å². The number of carbonyl (C=O) groups is 1. The van der Waals surface area contributed by atoms with Crippen LogP contribution in [-0.4, -0.2) is 39.9 Å². The molecule has 0 unspecified atom stereocenters. The van der Waals surface area contributed by atoms with Crippen molar-refractivity contribution in [3.63, 3.8) is 0 Å². The first-order chi connectivity index (χ1) is 2.64. The summed E-state index contributed by atoms with van der Waals surface area (Å²) in [6.07, 6.45) is -1.23. The van der Waals surface area contributed by atoms with E-state index < -0.39 is 12.1 Å². The van der Waals surface area contributed by atoms with Crippen LogP contribution in [0.1, 0.15) is 6.92 Å². The third kappa shape index (κ3) is 5.97. The number of aliphatic carboxylic acids is 1. The summed E-state index contributed by atoms with van der Waals surface area (Å²) >= 11 is 0. The Hall–Kier alpha value is -0.0271. The summed E-state index contributed by atoms with van der Waals surface area (Å²) in [6.45, 7) is 1.20. The van der Waals surface area contributed by atoms with Gasteiger partial charge < -0.3 is 10.2 Å². The number of aliphatic hydroxyl groups excluding tert-OH is 1. The Morgan fingerprint density at radius 3 is 1.86 bits per heavy atom. The molecule has 0 heterocycles. The zero-order chi connectivity index (χ0) is 5.15. The van der Waals surface area contributed by atoms with E-state index >= 15 is 0 Å². The Labute approximate surface area is 52.3 Å². The molecule has 7 heavy (non-hydrogen) atoms. The molecule has 0 aromatic heterocycles. The van der Waals surface area contributed by atoms with Gasteiger partial charge in [0.2, 0.25) is 0 Å². The van der Waals surface area contributed by atoms with Gasteiger partial charge in [-0.2, -0.15) is 0 Å². The average Bonchev–Trinajstić information content (AvgIpc) is 1.36. The quantitative estimate of drug-likeness (QED) is 0.444. The molecule has 0 spiro atoms. The third-order valence-corrected chi connectivity index (χ3v) is 0.357. The van der Waals surface area contributed by atoms with Crippen molar-refractivity contribution in [1.29, 1.82) is 0 Å². The summed E-state index contributed by atoms with van der Waals surface area (Å²) < 4.78 is 0. The first-order valence-corrected chi connectivity index (χ1v) is 1.55. The maximum atomic E-state index is 9.45. The number of rotatable bonds is 1. The van der Waals surface area contributed by atoms with Crippen LogP contribution in [-0.2, 0) is 4.79 Å². The normalized spacial score (nSPS) is 11.7. The Kier molecular flexibility index (Phi) is 5.95. The molecule has 0 radical (unpaired) electrons. The fraction of sp³-hybridized carbons (Fsp3) is 0.667. The minimum atomic E-state index is -1.23. The van der Waals surface area contributed by atoms with Gasteiger partial charge in [0.25, 0.3) is 0 Å². The summed E-state index contributed by atoms with van der Waals surface area (Å²) in [7, 11) is 0. The van der Waals surface area contributed by atoms with Gasteiger partial charge in [-0.1, -0.05) is 0 Å². The monoisotopic (exact) mass is 168 g/mol. The molecule has 0 aliphatic rings. The van der Waals surface area contributed by atoms with E-state index in [0.29, 0.717) is 0 Å². The second-order valence-corrected chi connectivity index (χ2v) is 1.01. The molecule has 0 saturated carbocycles. The molecule has 0 aromatic carbocycles. The van der Waals surface area contributed by atoms with E-state index in [-0.39, 0.29) is 17.6 Å². The van der Waals surface area contributed by atoms with E-state index in [1.165, 1.54) is 6.92 Å². The van der Waals surface area contributed by atoms with Crippen LogP contribution in [0.5, 0.6) is 0 Å². The molecule has 0 aromatic rings. The summed E-state index contributed by atoms with van der Waals surface area (Å²) in [5, 5.41) is 15.8. The molecule has 2 N–H and O–H groups in total. The predicted octanol–water partition coefficient (Wildman–Crippen LogP) is -2.00. The van der Waals surface area contributed by atoms with Crippen molar-refractivity contribution in [3.8, 4) is 0 Å². The van der Waals surface area contributed by atoms with Crippen molar-refractivity contribution in [3.05, 3.63) is 0 Å². The molecule has 0 aliphatic heterocycles. The first kappa shape index (κ1) is 10.1. The summed E-state index contributed by atoms with van der Waals surface area (Å²) in [5.41, 5.74) is 0. The van der Waals surface area contributed by atoms with Gasteiger partial charge in [-0.05, 0) is 6.92 Å². The van der Waals surface area contributed by atoms with Gasteiger partial charge in [-0.15, -0.1) is 0 Å². The standard InChI is InChI=1S/C3H6O3.GeH4/c1-2(4)3(5)6;/h2,4H,1H3,(H,5,6);1H4/t2-;/m1./s1. The molecule has 0 bridgehead atoms. The van der Waals surface area contributed by atoms with Crippen molar-refractivity contribution in [2.45, 2.75) is 13.0 Å². The Morgan fingerprint density at radius 1 is 1.71 bits per heavy atom. The van der Waals surface area contributed by atoms with Crippen LogP contribution in [0.3, 0.4) is 0 Å². The molecule has 44 valence electrons. The Morgan fingerprint density at radius 2 is 1.86 bits per heavy atom. The molecular formula is C3H10GeO3. The molecule has 0 rings (SSSR count). The summed E-state index contributed by atoms with van der Waals surface area (Å²) in [6, 6.07) is 0. The Balaban J connectivity index is 0. The van der Waals surface area contributed by atoms with Crippen LogP contribution >= 0.6 is 0 Å². The van der Waals surface area contributed by atoms with E-state index in [1.54, 1.807) is 0 Å². The van der Waals surface area contributed by atoms with Gasteiger partial charge in [-0.25, -0.2) is 4.79 Å². The third-order valence-electron chi connectivity index (χ3n) is 0.357. The molecule has 4 heteroatoms. The van der Waals surface area contributed by atoms with E-state index in [2.05, 4.69) is 0 Å². The number of carboxylic acid groups (broad SMARTS) is 1. The minimum absolute atomic E-state index is 0. The van der Waals surface area contributed by atoms with Crippen LogP contribution in [0.2, 0.25) is 0 Å². The molecule has 0 aliphatic carbocycles. The predicted molar refractivity (Wildman–Crippen MR) is 30.7 cm³/mol. The van der Waals surface area contributed by atoms with Crippen molar-refractivity contribution in [2.24, 2.45) is 0 Å².